The summed E-state index contributed by atoms with van der Waals surface area (Å²) in [6, 6.07) is 22.7. The van der Waals surface area contributed by atoms with Crippen LogP contribution in [0.15, 0.2) is 126 Å². The van der Waals surface area contributed by atoms with Gasteiger partial charge in [-0.2, -0.15) is 33.7 Å². The van der Waals surface area contributed by atoms with Gasteiger partial charge in [-0.25, -0.2) is 4.89 Å². The molecule has 0 spiro atoms. The van der Waals surface area contributed by atoms with Gasteiger partial charge in [0.1, 0.15) is 11.3 Å². The van der Waals surface area contributed by atoms with Crippen LogP contribution in [0.1, 0.15) is 27.9 Å². The number of rotatable bonds is 17. The largest absolute Gasteiger partial charge is 0.456 e. The Morgan fingerprint density at radius 1 is 0.714 bits per heavy atom. The zero-order chi connectivity index (χ0) is 45.9. The molecule has 1 aliphatic heterocycles. The molecule has 63 heavy (non-hydrogen) atoms. The third kappa shape index (κ3) is 11.1. The van der Waals surface area contributed by atoms with Gasteiger partial charge in [-0.3, -0.25) is 33.3 Å². The second-order valence-corrected chi connectivity index (χ2v) is 19.7. The van der Waals surface area contributed by atoms with E-state index in [2.05, 4.69) is 15.2 Å². The minimum Gasteiger partial charge on any atom is -0.456 e. The molecule has 4 aromatic rings. The molecule has 6 rings (SSSR count). The van der Waals surface area contributed by atoms with Crippen LogP contribution in [0.25, 0.3) is 33.4 Å². The molecule has 0 saturated carbocycles. The Morgan fingerprint density at radius 3 is 1.94 bits per heavy atom. The number of anilines is 1. The predicted octanol–water partition coefficient (Wildman–Crippen LogP) is 4.94. The van der Waals surface area contributed by atoms with Crippen LogP contribution in [0.5, 0.6) is 0 Å². The van der Waals surface area contributed by atoms with Crippen LogP contribution in [0.2, 0.25) is 0 Å². The second-order valence-electron chi connectivity index (χ2n) is 14.1. The van der Waals surface area contributed by atoms with Crippen LogP contribution >= 0.6 is 0 Å². The molecule has 0 unspecified atom stereocenters. The van der Waals surface area contributed by atoms with Crippen molar-refractivity contribution in [3.63, 3.8) is 0 Å². The van der Waals surface area contributed by atoms with Gasteiger partial charge in [0.15, 0.2) is 0 Å². The molecule has 0 fully saturated rings. The molecule has 1 heterocycles. The topological polar surface area (TPSA) is 305 Å². The summed E-state index contributed by atoms with van der Waals surface area (Å²) in [6.45, 7) is 0.316. The molecular formula is C40H39N3O16S4. The number of nitrogens with one attached hydrogen (secondary N) is 1. The quantitative estimate of drug-likeness (QED) is 0.0232. The van der Waals surface area contributed by atoms with Crippen molar-refractivity contribution in [1.29, 1.82) is 0 Å². The SMILES string of the molecule is CN(CCCOO)C(=O)c1ccccc1-c1c2cc/c(=N/CCc3ccc(S(=O)(=O)O)cc3S(=O)(=O)O)cc-2oc2cc(NCCc3ccc(S(=O)(=O)O)cc3S(=O)(=O)O)ccc12. The summed E-state index contributed by atoms with van der Waals surface area (Å²) in [7, 11) is -17.7. The zero-order valence-corrected chi connectivity index (χ0v) is 36.2. The number of benzene rings is 5. The monoisotopic (exact) mass is 945 g/mol. The van der Waals surface area contributed by atoms with Crippen molar-refractivity contribution < 1.29 is 71.2 Å². The first-order valence-corrected chi connectivity index (χ1v) is 24.3. The van der Waals surface area contributed by atoms with E-state index in [1.165, 1.54) is 4.90 Å². The average Bonchev–Trinajstić information content (AvgIpc) is 3.21. The Kier molecular flexibility index (Phi) is 13.9. The molecule has 0 aromatic heterocycles. The van der Waals surface area contributed by atoms with Crippen LogP contribution in [-0.4, -0.2) is 101 Å². The molecule has 6 N–H and O–H groups in total. The van der Waals surface area contributed by atoms with Crippen LogP contribution in [0.4, 0.5) is 5.69 Å². The van der Waals surface area contributed by atoms with E-state index in [0.29, 0.717) is 68.6 Å². The molecular weight excluding hydrogens is 907 g/mol. The molecule has 0 bridgehead atoms. The third-order valence-electron chi connectivity index (χ3n) is 9.84. The van der Waals surface area contributed by atoms with E-state index in [1.54, 1.807) is 67.7 Å². The van der Waals surface area contributed by atoms with Crippen molar-refractivity contribution in [2.45, 2.75) is 38.8 Å². The molecule has 1 aliphatic carbocycles. The summed E-state index contributed by atoms with van der Waals surface area (Å²) in [6.07, 6.45) is 0.269. The number of amides is 1. The summed E-state index contributed by atoms with van der Waals surface area (Å²) in [5.74, 6) is -0.0160. The highest BCUT2D eigenvalue weighted by atomic mass is 32.2. The van der Waals surface area contributed by atoms with E-state index in [9.17, 15) is 56.7 Å². The van der Waals surface area contributed by atoms with Gasteiger partial charge in [-0.05, 0) is 90.6 Å². The van der Waals surface area contributed by atoms with Crippen molar-refractivity contribution in [3.8, 4) is 22.5 Å². The number of fused-ring (bicyclic) bond motifs is 2. The number of hydrogen-bond donors (Lipinski definition) is 6. The molecule has 23 heteroatoms. The van der Waals surface area contributed by atoms with E-state index in [0.717, 1.165) is 24.3 Å². The number of carbonyl (C=O) groups is 1. The Morgan fingerprint density at radius 2 is 1.33 bits per heavy atom. The Balaban J connectivity index is 1.41. The molecule has 0 radical (unpaired) electrons. The van der Waals surface area contributed by atoms with Crippen molar-refractivity contribution in [2.24, 2.45) is 4.99 Å². The summed E-state index contributed by atoms with van der Waals surface area (Å²) >= 11 is 0. The third-order valence-corrected chi connectivity index (χ3v) is 13.4. The second kappa shape index (κ2) is 18.6. The molecule has 0 atom stereocenters. The lowest BCUT2D eigenvalue weighted by Gasteiger charge is -2.21. The van der Waals surface area contributed by atoms with E-state index in [4.69, 9.17) is 9.67 Å². The summed E-state index contributed by atoms with van der Waals surface area (Å²) in [5, 5.41) is 12.9. The van der Waals surface area contributed by atoms with Crippen molar-refractivity contribution >= 4 is 63.0 Å². The molecule has 2 aliphatic rings. The first-order valence-electron chi connectivity index (χ1n) is 18.6. The minimum atomic E-state index is -4.89. The summed E-state index contributed by atoms with van der Waals surface area (Å²) < 4.78 is 140. The molecule has 19 nitrogen and oxygen atoms in total. The highest BCUT2D eigenvalue weighted by Gasteiger charge is 2.25. The Hall–Kier alpha value is -5.60. The Bertz CT molecular complexity index is 3230. The van der Waals surface area contributed by atoms with Gasteiger partial charge < -0.3 is 14.6 Å². The van der Waals surface area contributed by atoms with Gasteiger partial charge >= 0.3 is 0 Å². The first-order chi connectivity index (χ1) is 29.6. The lowest BCUT2D eigenvalue weighted by molar-refractivity contribution is -0.242. The summed E-state index contributed by atoms with van der Waals surface area (Å²) in [4.78, 5) is 21.2. The maximum absolute atomic E-state index is 13.9. The number of carbonyl (C=O) groups excluding carboxylic acids is 1. The smallest absolute Gasteiger partial charge is 0.294 e. The van der Waals surface area contributed by atoms with Gasteiger partial charge in [0, 0.05) is 66.6 Å². The lowest BCUT2D eigenvalue weighted by Crippen LogP contribution is -2.28. The minimum absolute atomic E-state index is 0.0164. The van der Waals surface area contributed by atoms with Gasteiger partial charge in [-0.1, -0.05) is 30.3 Å². The predicted molar refractivity (Wildman–Crippen MR) is 227 cm³/mol. The van der Waals surface area contributed by atoms with Gasteiger partial charge in [-0.15, -0.1) is 0 Å². The van der Waals surface area contributed by atoms with Crippen molar-refractivity contribution in [1.82, 2.24) is 4.90 Å². The molecule has 334 valence electrons. The van der Waals surface area contributed by atoms with E-state index < -0.39 is 60.1 Å². The zero-order valence-electron chi connectivity index (χ0n) is 32.9. The number of nitrogens with zero attached hydrogens (tertiary/aromatic N) is 2. The standard InChI is InChI=1S/C40H39N3O16S4/c1-43(19-4-20-58-45)40(44)32-6-3-2-5-31(32)39-33-13-9-27(41-17-15-25-7-11-29(60(46,47)48)23-37(25)62(52,53)54)21-35(33)59-36-22-28(10-14-34(36)39)42-18-16-26-8-12-30(61(49,50)51)24-38(26)63(55,56)57/h2-3,5-14,21-24,41,45H,4,15-20H2,1H3,(H,46,47,48)(H,49,50,51)(H,52,53,54)(H,55,56,57)/b42-28-. The number of hydrogen-bond acceptors (Lipinski definition) is 14. The van der Waals surface area contributed by atoms with E-state index in [1.807, 2.05) is 0 Å². The van der Waals surface area contributed by atoms with E-state index >= 15 is 0 Å². The average molecular weight is 946 g/mol. The maximum Gasteiger partial charge on any atom is 0.294 e. The van der Waals surface area contributed by atoms with Crippen molar-refractivity contribution in [2.75, 3.05) is 38.6 Å². The Labute approximate surface area is 361 Å². The van der Waals surface area contributed by atoms with Crippen LogP contribution in [0, 0.1) is 0 Å². The molecule has 4 aromatic carbocycles. The fraction of sp³-hybridized carbons (Fsp3) is 0.200. The van der Waals surface area contributed by atoms with Gasteiger partial charge in [0.05, 0.1) is 31.5 Å². The van der Waals surface area contributed by atoms with Crippen molar-refractivity contribution in [3.05, 3.63) is 119 Å². The van der Waals surface area contributed by atoms with Gasteiger partial charge in [0.2, 0.25) is 0 Å². The van der Waals surface area contributed by atoms with Gasteiger partial charge in [0.25, 0.3) is 46.4 Å². The molecule has 0 saturated heterocycles. The van der Waals surface area contributed by atoms with E-state index in [-0.39, 0.29) is 56.1 Å². The molecule has 1 amide bonds. The first kappa shape index (κ1) is 46.9. The normalized spacial score (nSPS) is 12.8. The lowest BCUT2D eigenvalue weighted by atomic mass is 9.90. The van der Waals surface area contributed by atoms with Crippen LogP contribution in [0.3, 0.4) is 0 Å². The van der Waals surface area contributed by atoms with Crippen LogP contribution in [-0.2, 0) is 58.2 Å². The van der Waals surface area contributed by atoms with Crippen LogP contribution < -0.4 is 10.7 Å². The maximum atomic E-state index is 13.9. The highest BCUT2D eigenvalue weighted by Crippen LogP contribution is 2.42. The highest BCUT2D eigenvalue weighted by molar-refractivity contribution is 7.87. The summed E-state index contributed by atoms with van der Waals surface area (Å²) in [5.41, 5.74) is 2.97. The fourth-order valence-electron chi connectivity index (χ4n) is 6.87. The fourth-order valence-corrected chi connectivity index (χ4v) is 9.59.